The molecule has 1 rings (SSSR count). The molecule has 4 nitrogen and oxygen atoms in total. The largest absolute Gasteiger partial charge is 0.449 e. The minimum atomic E-state index is -0.579. The average molecular weight is 279 g/mol. The average Bonchev–Trinajstić information content (AvgIpc) is 2.42. The van der Waals surface area contributed by atoms with Gasteiger partial charge in [0.15, 0.2) is 0 Å². The number of hydrogen-bond donors (Lipinski definition) is 2. The number of hydrogen-bond acceptors (Lipinski definition) is 3. The van der Waals surface area contributed by atoms with Gasteiger partial charge in [-0.1, -0.05) is 25.7 Å². The van der Waals surface area contributed by atoms with E-state index >= 15 is 0 Å². The first-order valence-corrected chi connectivity index (χ1v) is 6.31. The van der Waals surface area contributed by atoms with E-state index < -0.39 is 11.9 Å². The summed E-state index contributed by atoms with van der Waals surface area (Å²) in [4.78, 5) is 11.4. The summed E-state index contributed by atoms with van der Waals surface area (Å²) in [5.41, 5.74) is 0.893. The first-order valence-electron chi connectivity index (χ1n) is 6.31. The van der Waals surface area contributed by atoms with Crippen molar-refractivity contribution in [3.05, 3.63) is 35.1 Å². The number of rotatable bonds is 4. The van der Waals surface area contributed by atoms with E-state index in [2.05, 4.69) is 17.2 Å². The number of halogens is 1. The highest BCUT2D eigenvalue weighted by Crippen LogP contribution is 2.10. The maximum Gasteiger partial charge on any atom is 0.407 e. The van der Waals surface area contributed by atoms with E-state index in [-0.39, 0.29) is 19.1 Å². The predicted octanol–water partition coefficient (Wildman–Crippen LogP) is 2.05. The van der Waals surface area contributed by atoms with E-state index in [1.165, 1.54) is 18.2 Å². The molecule has 1 aromatic carbocycles. The van der Waals surface area contributed by atoms with Gasteiger partial charge in [0, 0.05) is 17.7 Å². The molecule has 0 saturated carbocycles. The fourth-order valence-electron chi connectivity index (χ4n) is 1.39. The third-order valence-corrected chi connectivity index (χ3v) is 2.33. The van der Waals surface area contributed by atoms with Crippen molar-refractivity contribution in [3.8, 4) is 11.8 Å². The highest BCUT2D eigenvalue weighted by atomic mass is 19.1. The zero-order chi connectivity index (χ0) is 15.0. The van der Waals surface area contributed by atoms with Crippen LogP contribution < -0.4 is 5.32 Å². The summed E-state index contributed by atoms with van der Waals surface area (Å²) in [6.07, 6.45) is -0.579. The van der Waals surface area contributed by atoms with Gasteiger partial charge in [-0.3, -0.25) is 0 Å². The zero-order valence-electron chi connectivity index (χ0n) is 11.6. The summed E-state index contributed by atoms with van der Waals surface area (Å²) >= 11 is 0. The van der Waals surface area contributed by atoms with E-state index in [9.17, 15) is 9.18 Å². The lowest BCUT2D eigenvalue weighted by atomic mass is 10.1. The number of amides is 1. The van der Waals surface area contributed by atoms with Crippen LogP contribution in [0, 0.1) is 23.6 Å². The maximum atomic E-state index is 13.6. The highest BCUT2D eigenvalue weighted by Gasteiger charge is 2.07. The number of benzene rings is 1. The molecule has 1 amide bonds. The summed E-state index contributed by atoms with van der Waals surface area (Å²) in [6, 6.07) is 4.32. The van der Waals surface area contributed by atoms with Crippen molar-refractivity contribution >= 4 is 6.09 Å². The number of nitrogens with one attached hydrogen (secondary N) is 1. The van der Waals surface area contributed by atoms with Crippen molar-refractivity contribution in [3.63, 3.8) is 0 Å². The highest BCUT2D eigenvalue weighted by molar-refractivity contribution is 5.67. The summed E-state index contributed by atoms with van der Waals surface area (Å²) in [7, 11) is 0. The summed E-state index contributed by atoms with van der Waals surface area (Å²) in [5, 5.41) is 11.1. The Morgan fingerprint density at radius 2 is 2.25 bits per heavy atom. The van der Waals surface area contributed by atoms with Gasteiger partial charge in [0.1, 0.15) is 12.4 Å². The van der Waals surface area contributed by atoms with Gasteiger partial charge < -0.3 is 15.2 Å². The molecule has 0 spiro atoms. The molecule has 0 heterocycles. The second-order valence-corrected chi connectivity index (χ2v) is 4.61. The van der Waals surface area contributed by atoms with Gasteiger partial charge in [-0.2, -0.15) is 0 Å². The van der Waals surface area contributed by atoms with Crippen molar-refractivity contribution in [1.82, 2.24) is 5.32 Å². The van der Waals surface area contributed by atoms with Crippen LogP contribution in [-0.2, 0) is 11.3 Å². The number of alkyl carbamates (subject to hydrolysis) is 1. The molecular weight excluding hydrogens is 261 g/mol. The molecule has 20 heavy (non-hydrogen) atoms. The van der Waals surface area contributed by atoms with Gasteiger partial charge in [-0.05, 0) is 24.1 Å². The van der Waals surface area contributed by atoms with Crippen molar-refractivity contribution in [1.29, 1.82) is 0 Å². The zero-order valence-corrected chi connectivity index (χ0v) is 11.6. The van der Waals surface area contributed by atoms with Gasteiger partial charge in [-0.25, -0.2) is 9.18 Å². The topological polar surface area (TPSA) is 58.6 Å². The Hall–Kier alpha value is -2.06. The summed E-state index contributed by atoms with van der Waals surface area (Å²) in [5.74, 6) is 4.98. The van der Waals surface area contributed by atoms with Crippen LogP contribution in [0.3, 0.4) is 0 Å². The Kier molecular flexibility index (Phi) is 6.54. The quantitative estimate of drug-likeness (QED) is 0.829. The SMILES string of the molecule is CC(C)COC(=O)NCc1cc(C#CCO)ccc1F. The third kappa shape index (κ3) is 5.72. The van der Waals surface area contributed by atoms with Crippen LogP contribution in [0.4, 0.5) is 9.18 Å². The molecule has 2 N–H and O–H groups in total. The first-order chi connectivity index (χ1) is 9.52. The number of carbonyl (C=O) groups excluding carboxylic acids is 1. The molecule has 0 aliphatic rings. The Morgan fingerprint density at radius 3 is 2.90 bits per heavy atom. The van der Waals surface area contributed by atoms with E-state index in [1.54, 1.807) is 0 Å². The van der Waals surface area contributed by atoms with Crippen LogP contribution in [0.1, 0.15) is 25.0 Å². The Bertz CT molecular complexity index is 518. The van der Waals surface area contributed by atoms with E-state index in [0.29, 0.717) is 17.7 Å². The fraction of sp³-hybridized carbons (Fsp3) is 0.400. The molecule has 0 atom stereocenters. The lowest BCUT2D eigenvalue weighted by Crippen LogP contribution is -2.25. The second kappa shape index (κ2) is 8.18. The fourth-order valence-corrected chi connectivity index (χ4v) is 1.39. The molecule has 108 valence electrons. The third-order valence-electron chi connectivity index (χ3n) is 2.33. The van der Waals surface area contributed by atoms with Gasteiger partial charge in [0.05, 0.1) is 6.61 Å². The molecule has 0 aromatic heterocycles. The van der Waals surface area contributed by atoms with Gasteiger partial charge in [-0.15, -0.1) is 0 Å². The minimum absolute atomic E-state index is 0.0252. The molecule has 5 heteroatoms. The van der Waals surface area contributed by atoms with Crippen LogP contribution in [-0.4, -0.2) is 24.4 Å². The molecule has 0 saturated heterocycles. The van der Waals surface area contributed by atoms with Crippen LogP contribution in [0.5, 0.6) is 0 Å². The van der Waals surface area contributed by atoms with Crippen LogP contribution >= 0.6 is 0 Å². The van der Waals surface area contributed by atoms with E-state index in [1.807, 2.05) is 13.8 Å². The van der Waals surface area contributed by atoms with Crippen LogP contribution in [0.25, 0.3) is 0 Å². The van der Waals surface area contributed by atoms with E-state index in [0.717, 1.165) is 0 Å². The first kappa shape index (κ1) is 16.0. The number of ether oxygens (including phenoxy) is 1. The molecule has 0 radical (unpaired) electrons. The number of carbonyl (C=O) groups is 1. The molecule has 0 aliphatic heterocycles. The summed E-state index contributed by atoms with van der Waals surface area (Å²) in [6.45, 7) is 3.94. The van der Waals surface area contributed by atoms with Crippen molar-refractivity contribution < 1.29 is 19.0 Å². The van der Waals surface area contributed by atoms with Gasteiger partial charge in [0.2, 0.25) is 0 Å². The van der Waals surface area contributed by atoms with Gasteiger partial charge in [0.25, 0.3) is 0 Å². The second-order valence-electron chi connectivity index (χ2n) is 4.61. The van der Waals surface area contributed by atoms with Crippen LogP contribution in [0.15, 0.2) is 18.2 Å². The molecular formula is C15H18FNO3. The van der Waals surface area contributed by atoms with Gasteiger partial charge >= 0.3 is 6.09 Å². The summed E-state index contributed by atoms with van der Waals surface area (Å²) < 4.78 is 18.5. The minimum Gasteiger partial charge on any atom is -0.449 e. The maximum absolute atomic E-state index is 13.6. The monoisotopic (exact) mass is 279 g/mol. The number of aliphatic hydroxyl groups is 1. The molecule has 0 unspecified atom stereocenters. The predicted molar refractivity (Wildman–Crippen MR) is 73.4 cm³/mol. The lowest BCUT2D eigenvalue weighted by Gasteiger charge is -2.09. The Labute approximate surface area is 117 Å². The van der Waals surface area contributed by atoms with Crippen molar-refractivity contribution in [2.45, 2.75) is 20.4 Å². The Balaban J connectivity index is 2.60. The molecule has 0 bridgehead atoms. The Morgan fingerprint density at radius 1 is 1.50 bits per heavy atom. The van der Waals surface area contributed by atoms with Crippen molar-refractivity contribution in [2.75, 3.05) is 13.2 Å². The smallest absolute Gasteiger partial charge is 0.407 e. The van der Waals surface area contributed by atoms with E-state index in [4.69, 9.17) is 9.84 Å². The molecule has 0 fully saturated rings. The lowest BCUT2D eigenvalue weighted by molar-refractivity contribution is 0.132. The molecule has 1 aromatic rings. The standard InChI is InChI=1S/C15H18FNO3/c1-11(2)10-20-15(19)17-9-13-8-12(4-3-7-18)5-6-14(13)16/h5-6,8,11,18H,7,9-10H2,1-2H3,(H,17,19). The molecule has 0 aliphatic carbocycles. The van der Waals surface area contributed by atoms with Crippen LogP contribution in [0.2, 0.25) is 0 Å². The van der Waals surface area contributed by atoms with Crippen molar-refractivity contribution in [2.24, 2.45) is 5.92 Å². The normalized spacial score (nSPS) is 9.85. The number of aliphatic hydroxyl groups excluding tert-OH is 1.